The van der Waals surface area contributed by atoms with Crippen LogP contribution < -0.4 is 5.32 Å². The van der Waals surface area contributed by atoms with Crippen molar-refractivity contribution in [2.75, 3.05) is 5.32 Å². The van der Waals surface area contributed by atoms with Crippen LogP contribution in [0.25, 0.3) is 11.0 Å². The van der Waals surface area contributed by atoms with E-state index < -0.39 is 0 Å². The quantitative estimate of drug-likeness (QED) is 0.799. The maximum atomic E-state index is 12.3. The molecule has 3 aromatic rings. The molecule has 116 valence electrons. The van der Waals surface area contributed by atoms with Gasteiger partial charge in [-0.15, -0.1) is 16.4 Å². The number of nitriles is 1. The van der Waals surface area contributed by atoms with Crippen molar-refractivity contribution >= 4 is 33.3 Å². The standard InChI is InChI=1S/C16H15N5OS/c1-3-11-10(2)23-16(12(11)8-17)18-15(22)9-21-14-7-5-4-6-13(14)19-20-21/h4-7H,3,9H2,1-2H3,(H,18,22). The van der Waals surface area contributed by atoms with Crippen molar-refractivity contribution in [2.45, 2.75) is 26.8 Å². The van der Waals surface area contributed by atoms with Gasteiger partial charge in [-0.05, 0) is 31.0 Å². The number of hydrogen-bond acceptors (Lipinski definition) is 5. The minimum Gasteiger partial charge on any atom is -0.315 e. The van der Waals surface area contributed by atoms with Crippen LogP contribution in [0.3, 0.4) is 0 Å². The molecule has 1 amide bonds. The Labute approximate surface area is 137 Å². The molecular weight excluding hydrogens is 310 g/mol. The van der Waals surface area contributed by atoms with Gasteiger partial charge >= 0.3 is 0 Å². The maximum absolute atomic E-state index is 12.3. The van der Waals surface area contributed by atoms with Crippen molar-refractivity contribution in [1.82, 2.24) is 15.0 Å². The number of hydrogen-bond donors (Lipinski definition) is 1. The van der Waals surface area contributed by atoms with Gasteiger partial charge in [-0.25, -0.2) is 4.68 Å². The Morgan fingerprint density at radius 2 is 2.22 bits per heavy atom. The summed E-state index contributed by atoms with van der Waals surface area (Å²) in [6, 6.07) is 9.66. The Hall–Kier alpha value is -2.72. The number of anilines is 1. The van der Waals surface area contributed by atoms with Crippen molar-refractivity contribution in [3.63, 3.8) is 0 Å². The number of rotatable bonds is 4. The fourth-order valence-corrected chi connectivity index (χ4v) is 3.66. The largest absolute Gasteiger partial charge is 0.315 e. The molecule has 23 heavy (non-hydrogen) atoms. The molecule has 0 atom stereocenters. The van der Waals surface area contributed by atoms with Gasteiger partial charge in [0.1, 0.15) is 23.1 Å². The lowest BCUT2D eigenvalue weighted by molar-refractivity contribution is -0.116. The van der Waals surface area contributed by atoms with Crippen LogP contribution in [0.2, 0.25) is 0 Å². The number of fused-ring (bicyclic) bond motifs is 1. The molecule has 1 aromatic carbocycles. The van der Waals surface area contributed by atoms with E-state index in [1.54, 1.807) is 4.68 Å². The summed E-state index contributed by atoms with van der Waals surface area (Å²) in [5.41, 5.74) is 3.11. The molecule has 0 bridgehead atoms. The lowest BCUT2D eigenvalue weighted by Crippen LogP contribution is -2.19. The Morgan fingerprint density at radius 1 is 1.43 bits per heavy atom. The molecule has 0 fully saturated rings. The number of amides is 1. The second-order valence-corrected chi connectivity index (χ2v) is 6.32. The van der Waals surface area contributed by atoms with Crippen molar-refractivity contribution in [2.24, 2.45) is 0 Å². The van der Waals surface area contributed by atoms with Crippen LogP contribution in [-0.2, 0) is 17.8 Å². The van der Waals surface area contributed by atoms with Gasteiger partial charge < -0.3 is 5.32 Å². The smallest absolute Gasteiger partial charge is 0.246 e. The van der Waals surface area contributed by atoms with Crippen molar-refractivity contribution in [3.05, 3.63) is 40.3 Å². The summed E-state index contributed by atoms with van der Waals surface area (Å²) in [6.07, 6.45) is 0.773. The Balaban J connectivity index is 1.82. The molecule has 7 heteroatoms. The summed E-state index contributed by atoms with van der Waals surface area (Å²) in [4.78, 5) is 13.4. The van der Waals surface area contributed by atoms with Crippen LogP contribution in [0.5, 0.6) is 0 Å². The number of nitrogens with one attached hydrogen (secondary N) is 1. The van der Waals surface area contributed by atoms with Crippen LogP contribution in [-0.4, -0.2) is 20.9 Å². The summed E-state index contributed by atoms with van der Waals surface area (Å²) in [5.74, 6) is -0.221. The summed E-state index contributed by atoms with van der Waals surface area (Å²) in [7, 11) is 0. The zero-order valence-corrected chi connectivity index (χ0v) is 13.6. The summed E-state index contributed by atoms with van der Waals surface area (Å²) in [5, 5.41) is 20.8. The number of carbonyl (C=O) groups is 1. The number of carbonyl (C=O) groups excluding carboxylic acids is 1. The molecule has 0 unspecified atom stereocenters. The van der Waals surface area contributed by atoms with E-state index in [2.05, 4.69) is 21.7 Å². The highest BCUT2D eigenvalue weighted by Gasteiger charge is 2.17. The number of nitrogens with zero attached hydrogens (tertiary/aromatic N) is 4. The van der Waals surface area contributed by atoms with Gasteiger partial charge in [-0.1, -0.05) is 24.3 Å². The third-order valence-electron chi connectivity index (χ3n) is 3.64. The molecule has 0 saturated carbocycles. The molecule has 2 aromatic heterocycles. The monoisotopic (exact) mass is 325 g/mol. The maximum Gasteiger partial charge on any atom is 0.246 e. The highest BCUT2D eigenvalue weighted by molar-refractivity contribution is 7.16. The fraction of sp³-hybridized carbons (Fsp3) is 0.250. The molecule has 0 aliphatic carbocycles. The molecule has 0 saturated heterocycles. The van der Waals surface area contributed by atoms with Gasteiger partial charge in [0.2, 0.25) is 5.91 Å². The van der Waals surface area contributed by atoms with E-state index in [0.717, 1.165) is 27.9 Å². The van der Waals surface area contributed by atoms with Gasteiger partial charge in [0.05, 0.1) is 11.1 Å². The number of aromatic nitrogens is 3. The van der Waals surface area contributed by atoms with Crippen LogP contribution >= 0.6 is 11.3 Å². The number of thiophene rings is 1. The zero-order valence-electron chi connectivity index (χ0n) is 12.8. The van der Waals surface area contributed by atoms with E-state index in [9.17, 15) is 10.1 Å². The van der Waals surface area contributed by atoms with E-state index in [4.69, 9.17) is 0 Å². The van der Waals surface area contributed by atoms with Crippen LogP contribution in [0.4, 0.5) is 5.00 Å². The van der Waals surface area contributed by atoms with Crippen LogP contribution in [0, 0.1) is 18.3 Å². The molecule has 1 N–H and O–H groups in total. The second-order valence-electron chi connectivity index (χ2n) is 5.09. The Morgan fingerprint density at radius 3 is 2.96 bits per heavy atom. The second kappa shape index (κ2) is 6.18. The molecule has 0 radical (unpaired) electrons. The minimum atomic E-state index is -0.221. The first-order valence-corrected chi connectivity index (χ1v) is 8.06. The molecular formula is C16H15N5OS. The predicted molar refractivity (Wildman–Crippen MR) is 89.3 cm³/mol. The van der Waals surface area contributed by atoms with Crippen molar-refractivity contribution in [1.29, 1.82) is 5.26 Å². The summed E-state index contributed by atoms with van der Waals surface area (Å²) < 4.78 is 1.55. The molecule has 2 heterocycles. The number of aryl methyl sites for hydroxylation is 1. The highest BCUT2D eigenvalue weighted by Crippen LogP contribution is 2.32. The van der Waals surface area contributed by atoms with Gasteiger partial charge in [-0.2, -0.15) is 5.26 Å². The third-order valence-corrected chi connectivity index (χ3v) is 4.70. The van der Waals surface area contributed by atoms with Crippen molar-refractivity contribution < 1.29 is 4.79 Å². The molecule has 0 aliphatic rings. The fourth-order valence-electron chi connectivity index (χ4n) is 2.55. The van der Waals surface area contributed by atoms with E-state index in [-0.39, 0.29) is 12.5 Å². The highest BCUT2D eigenvalue weighted by atomic mass is 32.1. The normalized spacial score (nSPS) is 10.7. The average Bonchev–Trinajstić information content (AvgIpc) is 3.08. The molecule has 6 nitrogen and oxygen atoms in total. The van der Waals surface area contributed by atoms with E-state index >= 15 is 0 Å². The molecule has 0 aliphatic heterocycles. The van der Waals surface area contributed by atoms with Crippen LogP contribution in [0.1, 0.15) is 22.9 Å². The van der Waals surface area contributed by atoms with Crippen LogP contribution in [0.15, 0.2) is 24.3 Å². The Bertz CT molecular complexity index is 918. The first kappa shape index (κ1) is 15.2. The lowest BCUT2D eigenvalue weighted by atomic mass is 10.1. The number of para-hydroxylation sites is 1. The summed E-state index contributed by atoms with van der Waals surface area (Å²) in [6.45, 7) is 4.03. The number of benzene rings is 1. The first-order chi connectivity index (χ1) is 11.1. The minimum absolute atomic E-state index is 0.0593. The SMILES string of the molecule is CCc1c(C)sc(NC(=O)Cn2nnc3ccccc32)c1C#N. The van der Waals surface area contributed by atoms with Gasteiger partial charge in [0, 0.05) is 4.88 Å². The first-order valence-electron chi connectivity index (χ1n) is 7.24. The van der Waals surface area contributed by atoms with E-state index in [1.165, 1.54) is 11.3 Å². The lowest BCUT2D eigenvalue weighted by Gasteiger charge is -2.04. The Kier molecular flexibility index (Phi) is 4.08. The van der Waals surface area contributed by atoms with E-state index in [1.807, 2.05) is 38.1 Å². The molecule has 3 rings (SSSR count). The van der Waals surface area contributed by atoms with Gasteiger partial charge in [0.25, 0.3) is 0 Å². The van der Waals surface area contributed by atoms with Gasteiger partial charge in [-0.3, -0.25) is 4.79 Å². The predicted octanol–water partition coefficient (Wildman–Crippen LogP) is 2.87. The zero-order chi connectivity index (χ0) is 16.4. The molecule has 0 spiro atoms. The topological polar surface area (TPSA) is 83.6 Å². The van der Waals surface area contributed by atoms with Crippen molar-refractivity contribution in [3.8, 4) is 6.07 Å². The summed E-state index contributed by atoms with van der Waals surface area (Å²) >= 11 is 1.43. The van der Waals surface area contributed by atoms with Gasteiger partial charge in [0.15, 0.2) is 0 Å². The average molecular weight is 325 g/mol. The van der Waals surface area contributed by atoms with E-state index in [0.29, 0.717) is 10.6 Å². The third kappa shape index (κ3) is 2.81.